The van der Waals surface area contributed by atoms with Crippen LogP contribution in [0.2, 0.25) is 0 Å². The topological polar surface area (TPSA) is 24.4 Å². The van der Waals surface area contributed by atoms with Crippen LogP contribution >= 0.6 is 11.8 Å². The van der Waals surface area contributed by atoms with Gasteiger partial charge >= 0.3 is 0 Å². The minimum atomic E-state index is 0.170. The lowest BCUT2D eigenvalue weighted by Gasteiger charge is -2.38. The molecule has 2 nitrogen and oxygen atoms in total. The summed E-state index contributed by atoms with van der Waals surface area (Å²) in [4.78, 5) is 0.170. The lowest BCUT2D eigenvalue weighted by molar-refractivity contribution is 0.257. The molecule has 2 atom stereocenters. The fourth-order valence-electron chi connectivity index (χ4n) is 2.70. The van der Waals surface area contributed by atoms with Gasteiger partial charge in [0.05, 0.1) is 0 Å². The first kappa shape index (κ1) is 11.1. The number of hydrogen-bond acceptors (Lipinski definition) is 3. The number of nitrogens with zero attached hydrogens (tertiary/aromatic N) is 1. The lowest BCUT2D eigenvalue weighted by atomic mass is 9.85. The Kier molecular flexibility index (Phi) is 2.87. The molecule has 0 aromatic heterocycles. The summed E-state index contributed by atoms with van der Waals surface area (Å²) < 4.78 is 0. The zero-order chi connectivity index (χ0) is 11.7. The highest BCUT2D eigenvalue weighted by Gasteiger charge is 2.43. The van der Waals surface area contributed by atoms with E-state index in [0.717, 1.165) is 5.04 Å². The number of thioether (sulfide) groups is 1. The first-order valence-electron chi connectivity index (χ1n) is 6.39. The number of hydrazone groups is 1. The standard InChI is InChI=1S/C14H18N2S/c1-11-7-5-6-10-14(11)16-15-13(17-14)12-8-3-2-4-9-12/h2-4,8-9,11,16H,5-7,10H2,1H3/t11-,14+/m0/s1. The van der Waals surface area contributed by atoms with Crippen molar-refractivity contribution < 1.29 is 0 Å². The van der Waals surface area contributed by atoms with Crippen LogP contribution in [0.4, 0.5) is 0 Å². The molecule has 1 fully saturated rings. The highest BCUT2D eigenvalue weighted by atomic mass is 32.2. The molecule has 1 N–H and O–H groups in total. The van der Waals surface area contributed by atoms with E-state index < -0.39 is 0 Å². The summed E-state index contributed by atoms with van der Waals surface area (Å²) in [6, 6.07) is 10.5. The third kappa shape index (κ3) is 1.97. The van der Waals surface area contributed by atoms with E-state index in [1.165, 1.54) is 31.2 Å². The van der Waals surface area contributed by atoms with Crippen LogP contribution in [0, 0.1) is 5.92 Å². The predicted molar refractivity (Wildman–Crippen MR) is 74.1 cm³/mol. The van der Waals surface area contributed by atoms with Crippen molar-refractivity contribution in [2.45, 2.75) is 37.5 Å². The largest absolute Gasteiger partial charge is 0.292 e. The maximum atomic E-state index is 4.56. The molecule has 1 aliphatic carbocycles. The highest BCUT2D eigenvalue weighted by molar-refractivity contribution is 8.15. The van der Waals surface area contributed by atoms with Gasteiger partial charge in [0.15, 0.2) is 0 Å². The smallest absolute Gasteiger partial charge is 0.126 e. The van der Waals surface area contributed by atoms with E-state index in [9.17, 15) is 0 Å². The van der Waals surface area contributed by atoms with Crippen LogP contribution in [0.3, 0.4) is 0 Å². The van der Waals surface area contributed by atoms with Crippen molar-refractivity contribution >= 4 is 16.8 Å². The lowest BCUT2D eigenvalue weighted by Crippen LogP contribution is -2.44. The Morgan fingerprint density at radius 3 is 2.88 bits per heavy atom. The minimum Gasteiger partial charge on any atom is -0.292 e. The monoisotopic (exact) mass is 246 g/mol. The van der Waals surface area contributed by atoms with Crippen molar-refractivity contribution in [2.75, 3.05) is 0 Å². The highest BCUT2D eigenvalue weighted by Crippen LogP contribution is 2.46. The molecule has 90 valence electrons. The normalized spacial score (nSPS) is 32.3. The summed E-state index contributed by atoms with van der Waals surface area (Å²) in [5.74, 6) is 0.700. The molecule has 1 aromatic carbocycles. The van der Waals surface area contributed by atoms with Crippen molar-refractivity contribution in [1.29, 1.82) is 0 Å². The van der Waals surface area contributed by atoms with Crippen molar-refractivity contribution in [3.63, 3.8) is 0 Å². The Labute approximate surface area is 107 Å². The van der Waals surface area contributed by atoms with Gasteiger partial charge in [-0.25, -0.2) is 0 Å². The average Bonchev–Trinajstić information content (AvgIpc) is 2.80. The molecule has 0 unspecified atom stereocenters. The van der Waals surface area contributed by atoms with Crippen molar-refractivity contribution in [3.8, 4) is 0 Å². The number of benzene rings is 1. The van der Waals surface area contributed by atoms with Gasteiger partial charge in [-0.1, -0.05) is 61.9 Å². The van der Waals surface area contributed by atoms with E-state index in [2.05, 4.69) is 47.8 Å². The summed E-state index contributed by atoms with van der Waals surface area (Å²) in [6.07, 6.45) is 5.24. The second kappa shape index (κ2) is 4.37. The summed E-state index contributed by atoms with van der Waals surface area (Å²) in [6.45, 7) is 2.35. The molecule has 1 heterocycles. The van der Waals surface area contributed by atoms with Crippen LogP contribution in [0.15, 0.2) is 35.4 Å². The number of nitrogens with one attached hydrogen (secondary N) is 1. The Morgan fingerprint density at radius 2 is 2.12 bits per heavy atom. The molecule has 1 aromatic rings. The Hall–Kier alpha value is -0.960. The molecule has 1 saturated carbocycles. The van der Waals surface area contributed by atoms with Crippen molar-refractivity contribution in [3.05, 3.63) is 35.9 Å². The van der Waals surface area contributed by atoms with Crippen molar-refractivity contribution in [1.82, 2.24) is 5.43 Å². The van der Waals surface area contributed by atoms with Gasteiger partial charge in [0.25, 0.3) is 0 Å². The van der Waals surface area contributed by atoms with Gasteiger partial charge < -0.3 is 0 Å². The average molecular weight is 246 g/mol. The van der Waals surface area contributed by atoms with Gasteiger partial charge in [0.2, 0.25) is 0 Å². The molecule has 3 rings (SSSR count). The third-order valence-electron chi connectivity index (χ3n) is 3.88. The van der Waals surface area contributed by atoms with E-state index in [1.54, 1.807) is 0 Å². The third-order valence-corrected chi connectivity index (χ3v) is 5.46. The molecule has 0 amide bonds. The van der Waals surface area contributed by atoms with Gasteiger partial charge in [0, 0.05) is 5.56 Å². The Bertz CT molecular complexity index is 429. The number of rotatable bonds is 1. The summed E-state index contributed by atoms with van der Waals surface area (Å²) >= 11 is 1.93. The summed E-state index contributed by atoms with van der Waals surface area (Å²) in [5.41, 5.74) is 4.66. The van der Waals surface area contributed by atoms with E-state index in [0.29, 0.717) is 5.92 Å². The van der Waals surface area contributed by atoms with Gasteiger partial charge in [-0.15, -0.1) is 0 Å². The quantitative estimate of drug-likeness (QED) is 0.819. The summed E-state index contributed by atoms with van der Waals surface area (Å²) in [7, 11) is 0. The van der Waals surface area contributed by atoms with Gasteiger partial charge in [-0.2, -0.15) is 5.10 Å². The SMILES string of the molecule is C[C@H]1CCCC[C@]12NN=C(c1ccccc1)S2. The minimum absolute atomic E-state index is 0.170. The van der Waals surface area contributed by atoms with E-state index in [-0.39, 0.29) is 4.87 Å². The van der Waals surface area contributed by atoms with Crippen LogP contribution in [-0.4, -0.2) is 9.91 Å². The molecule has 0 radical (unpaired) electrons. The predicted octanol–water partition coefficient (Wildman–Crippen LogP) is 3.59. The second-order valence-corrected chi connectivity index (χ2v) is 6.35. The molecule has 17 heavy (non-hydrogen) atoms. The second-order valence-electron chi connectivity index (χ2n) is 5.03. The number of hydrogen-bond donors (Lipinski definition) is 1. The van der Waals surface area contributed by atoms with Gasteiger partial charge in [-0.3, -0.25) is 5.43 Å². The molecular weight excluding hydrogens is 228 g/mol. The Balaban J connectivity index is 1.80. The van der Waals surface area contributed by atoms with Crippen LogP contribution in [0.5, 0.6) is 0 Å². The zero-order valence-corrected chi connectivity index (χ0v) is 11.0. The fraction of sp³-hybridized carbons (Fsp3) is 0.500. The zero-order valence-electron chi connectivity index (χ0n) is 10.1. The van der Waals surface area contributed by atoms with Crippen LogP contribution in [0.1, 0.15) is 38.2 Å². The molecule has 2 aliphatic rings. The van der Waals surface area contributed by atoms with E-state index in [4.69, 9.17) is 0 Å². The maximum absolute atomic E-state index is 4.56. The summed E-state index contributed by atoms with van der Waals surface area (Å²) in [5, 5.41) is 5.72. The first-order valence-corrected chi connectivity index (χ1v) is 7.21. The molecular formula is C14H18N2S. The Morgan fingerprint density at radius 1 is 1.29 bits per heavy atom. The van der Waals surface area contributed by atoms with Gasteiger partial charge in [-0.05, 0) is 18.8 Å². The maximum Gasteiger partial charge on any atom is 0.126 e. The van der Waals surface area contributed by atoms with Crippen LogP contribution in [0.25, 0.3) is 0 Å². The molecule has 1 spiro atoms. The molecule has 0 saturated heterocycles. The van der Waals surface area contributed by atoms with E-state index in [1.807, 2.05) is 11.8 Å². The van der Waals surface area contributed by atoms with Crippen LogP contribution < -0.4 is 5.43 Å². The van der Waals surface area contributed by atoms with Crippen molar-refractivity contribution in [2.24, 2.45) is 11.0 Å². The molecule has 0 bridgehead atoms. The fourth-order valence-corrected chi connectivity index (χ4v) is 4.05. The van der Waals surface area contributed by atoms with E-state index >= 15 is 0 Å². The molecule has 1 aliphatic heterocycles. The first-order chi connectivity index (χ1) is 8.30. The van der Waals surface area contributed by atoms with Crippen LogP contribution in [-0.2, 0) is 0 Å². The molecule has 3 heteroatoms. The van der Waals surface area contributed by atoms with Gasteiger partial charge in [0.1, 0.15) is 9.91 Å².